The zero-order valence-corrected chi connectivity index (χ0v) is 9.29. The third-order valence-corrected chi connectivity index (χ3v) is 2.13. The highest BCUT2D eigenvalue weighted by atomic mass is 16.4. The molecule has 6 nitrogen and oxygen atoms in total. The minimum Gasteiger partial charge on any atom is -0.478 e. The van der Waals surface area contributed by atoms with Gasteiger partial charge in [-0.15, -0.1) is 0 Å². The van der Waals surface area contributed by atoms with Crippen LogP contribution in [0.2, 0.25) is 0 Å². The van der Waals surface area contributed by atoms with Gasteiger partial charge >= 0.3 is 5.97 Å². The molecule has 1 aromatic rings. The van der Waals surface area contributed by atoms with Crippen molar-refractivity contribution in [3.63, 3.8) is 0 Å². The van der Waals surface area contributed by atoms with E-state index < -0.39 is 5.97 Å². The van der Waals surface area contributed by atoms with Crippen LogP contribution in [0.3, 0.4) is 0 Å². The van der Waals surface area contributed by atoms with Gasteiger partial charge in [0.15, 0.2) is 0 Å². The van der Waals surface area contributed by atoms with E-state index in [1.807, 2.05) is 0 Å². The number of aromatic carboxylic acids is 1. The van der Waals surface area contributed by atoms with Crippen molar-refractivity contribution < 1.29 is 9.90 Å². The van der Waals surface area contributed by atoms with Gasteiger partial charge in [-0.3, -0.25) is 0 Å². The fraction of sp³-hybridized carbons (Fsp3) is 0.182. The molecule has 3 N–H and O–H groups in total. The Kier molecular flexibility index (Phi) is 4.14. The SMILES string of the molecule is Cc1cc(C=CCN=[N+]=[N-])c(N)c(C(=O)O)c1. The van der Waals surface area contributed by atoms with Gasteiger partial charge in [0, 0.05) is 11.5 Å². The maximum atomic E-state index is 10.9. The van der Waals surface area contributed by atoms with E-state index in [0.29, 0.717) is 5.56 Å². The molecule has 0 saturated heterocycles. The number of nitrogens with zero attached hydrogens (tertiary/aromatic N) is 3. The molecule has 0 amide bonds. The summed E-state index contributed by atoms with van der Waals surface area (Å²) in [5.74, 6) is -1.06. The van der Waals surface area contributed by atoms with Crippen molar-refractivity contribution in [2.24, 2.45) is 5.11 Å². The number of anilines is 1. The van der Waals surface area contributed by atoms with Gasteiger partial charge in [0.1, 0.15) is 0 Å². The summed E-state index contributed by atoms with van der Waals surface area (Å²) in [4.78, 5) is 13.5. The molecule has 0 spiro atoms. The predicted octanol–water partition coefficient (Wildman–Crippen LogP) is 2.60. The molecule has 6 heteroatoms. The molecule has 0 bridgehead atoms. The number of carbonyl (C=O) groups is 1. The minimum atomic E-state index is -1.06. The molecule has 0 saturated carbocycles. The molecular formula is C11H12N4O2. The molecule has 88 valence electrons. The molecule has 1 rings (SSSR count). The number of hydrogen-bond donors (Lipinski definition) is 2. The molecule has 0 aromatic heterocycles. The Balaban J connectivity index is 3.11. The second kappa shape index (κ2) is 5.58. The Morgan fingerprint density at radius 1 is 1.65 bits per heavy atom. The Morgan fingerprint density at radius 3 is 2.94 bits per heavy atom. The van der Waals surface area contributed by atoms with E-state index in [1.165, 1.54) is 6.07 Å². The van der Waals surface area contributed by atoms with Crippen molar-refractivity contribution in [1.29, 1.82) is 0 Å². The molecule has 0 atom stereocenters. The fourth-order valence-corrected chi connectivity index (χ4v) is 1.40. The maximum Gasteiger partial charge on any atom is 0.337 e. The van der Waals surface area contributed by atoms with E-state index in [-0.39, 0.29) is 17.8 Å². The molecule has 17 heavy (non-hydrogen) atoms. The quantitative estimate of drug-likeness (QED) is 0.360. The third kappa shape index (κ3) is 3.25. The Bertz CT molecular complexity index is 516. The largest absolute Gasteiger partial charge is 0.478 e. The highest BCUT2D eigenvalue weighted by molar-refractivity contribution is 5.96. The van der Waals surface area contributed by atoms with Crippen molar-refractivity contribution >= 4 is 17.7 Å². The van der Waals surface area contributed by atoms with E-state index >= 15 is 0 Å². The smallest absolute Gasteiger partial charge is 0.337 e. The van der Waals surface area contributed by atoms with Crippen molar-refractivity contribution in [2.45, 2.75) is 6.92 Å². The lowest BCUT2D eigenvalue weighted by Crippen LogP contribution is -2.04. The first kappa shape index (κ1) is 12.6. The zero-order chi connectivity index (χ0) is 12.8. The monoisotopic (exact) mass is 232 g/mol. The van der Waals surface area contributed by atoms with Gasteiger partial charge in [-0.2, -0.15) is 0 Å². The normalized spacial score (nSPS) is 10.2. The lowest BCUT2D eigenvalue weighted by Gasteiger charge is -2.06. The van der Waals surface area contributed by atoms with Gasteiger partial charge in [0.25, 0.3) is 0 Å². The zero-order valence-electron chi connectivity index (χ0n) is 9.29. The predicted molar refractivity (Wildman–Crippen MR) is 65.6 cm³/mol. The van der Waals surface area contributed by atoms with Gasteiger partial charge in [0.05, 0.1) is 11.3 Å². The minimum absolute atomic E-state index is 0.0773. The number of hydrogen-bond acceptors (Lipinski definition) is 3. The number of rotatable bonds is 4. The summed E-state index contributed by atoms with van der Waals surface area (Å²) in [7, 11) is 0. The van der Waals surface area contributed by atoms with Gasteiger partial charge in [-0.1, -0.05) is 17.3 Å². The van der Waals surface area contributed by atoms with Crippen LogP contribution >= 0.6 is 0 Å². The van der Waals surface area contributed by atoms with Crippen LogP contribution in [-0.2, 0) is 0 Å². The number of aryl methyl sites for hydroxylation is 1. The fourth-order valence-electron chi connectivity index (χ4n) is 1.40. The highest BCUT2D eigenvalue weighted by Gasteiger charge is 2.10. The van der Waals surface area contributed by atoms with Crippen LogP contribution in [0, 0.1) is 6.92 Å². The second-order valence-electron chi connectivity index (χ2n) is 3.44. The second-order valence-corrected chi connectivity index (χ2v) is 3.44. The van der Waals surface area contributed by atoms with E-state index in [4.69, 9.17) is 16.4 Å². The molecule has 0 radical (unpaired) electrons. The van der Waals surface area contributed by atoms with Crippen LogP contribution < -0.4 is 5.73 Å². The number of carboxylic acid groups (broad SMARTS) is 1. The lowest BCUT2D eigenvalue weighted by molar-refractivity contribution is 0.0698. The Hall–Kier alpha value is -2.46. The Labute approximate surface area is 98.0 Å². The van der Waals surface area contributed by atoms with Gasteiger partial charge in [0.2, 0.25) is 0 Å². The molecule has 0 fully saturated rings. The summed E-state index contributed by atoms with van der Waals surface area (Å²) in [5.41, 5.74) is 15.5. The summed E-state index contributed by atoms with van der Waals surface area (Å²) >= 11 is 0. The Morgan fingerprint density at radius 2 is 2.35 bits per heavy atom. The van der Waals surface area contributed by atoms with E-state index in [9.17, 15) is 4.79 Å². The first-order valence-electron chi connectivity index (χ1n) is 4.87. The molecule has 0 unspecified atom stereocenters. The van der Waals surface area contributed by atoms with E-state index in [0.717, 1.165) is 5.56 Å². The summed E-state index contributed by atoms with van der Waals surface area (Å²) in [6.07, 6.45) is 3.26. The third-order valence-electron chi connectivity index (χ3n) is 2.13. The van der Waals surface area contributed by atoms with Gasteiger partial charge < -0.3 is 10.8 Å². The molecular weight excluding hydrogens is 220 g/mol. The summed E-state index contributed by atoms with van der Waals surface area (Å²) < 4.78 is 0. The summed E-state index contributed by atoms with van der Waals surface area (Å²) in [5, 5.41) is 12.3. The molecule has 0 aliphatic rings. The highest BCUT2D eigenvalue weighted by Crippen LogP contribution is 2.21. The first-order chi connectivity index (χ1) is 8.06. The van der Waals surface area contributed by atoms with Crippen molar-refractivity contribution in [1.82, 2.24) is 0 Å². The standard InChI is InChI=1S/C11H12N4O2/c1-7-5-8(3-2-4-14-15-13)10(12)9(6-7)11(16)17/h2-3,5-6H,4,12H2,1H3,(H,16,17). The molecule has 0 aliphatic heterocycles. The van der Waals surface area contributed by atoms with Crippen molar-refractivity contribution in [3.05, 3.63) is 45.3 Å². The molecule has 1 aromatic carbocycles. The van der Waals surface area contributed by atoms with Crippen LogP contribution in [0.1, 0.15) is 21.5 Å². The van der Waals surface area contributed by atoms with E-state index in [1.54, 1.807) is 25.1 Å². The van der Waals surface area contributed by atoms with E-state index in [2.05, 4.69) is 10.0 Å². The topological polar surface area (TPSA) is 112 Å². The first-order valence-corrected chi connectivity index (χ1v) is 4.87. The van der Waals surface area contributed by atoms with Crippen LogP contribution in [0.15, 0.2) is 23.3 Å². The average molecular weight is 232 g/mol. The van der Waals surface area contributed by atoms with Crippen LogP contribution in [0.5, 0.6) is 0 Å². The maximum absolute atomic E-state index is 10.9. The number of carboxylic acids is 1. The number of nitrogens with two attached hydrogens (primary N) is 1. The van der Waals surface area contributed by atoms with Crippen LogP contribution in [0.4, 0.5) is 5.69 Å². The lowest BCUT2D eigenvalue weighted by atomic mass is 10.0. The number of nitrogen functional groups attached to an aromatic ring is 1. The van der Waals surface area contributed by atoms with Crippen LogP contribution in [-0.4, -0.2) is 17.6 Å². The number of azide groups is 1. The van der Waals surface area contributed by atoms with Crippen molar-refractivity contribution in [2.75, 3.05) is 12.3 Å². The summed E-state index contributed by atoms with van der Waals surface area (Å²) in [6.45, 7) is 1.99. The number of benzene rings is 1. The van der Waals surface area contributed by atoms with Crippen LogP contribution in [0.25, 0.3) is 16.5 Å². The molecule has 0 aliphatic carbocycles. The van der Waals surface area contributed by atoms with Gasteiger partial charge in [-0.25, -0.2) is 4.79 Å². The summed E-state index contributed by atoms with van der Waals surface area (Å²) in [6, 6.07) is 3.29. The van der Waals surface area contributed by atoms with Gasteiger partial charge in [-0.05, 0) is 35.7 Å². The molecule has 0 heterocycles. The van der Waals surface area contributed by atoms with Crippen molar-refractivity contribution in [3.8, 4) is 0 Å². The average Bonchev–Trinajstić information content (AvgIpc) is 2.28.